The molecule has 3 N–H and O–H groups in total. The molecule has 5 nitrogen and oxygen atoms in total. The zero-order valence-electron chi connectivity index (χ0n) is 11.7. The van der Waals surface area contributed by atoms with Crippen LogP contribution in [0.25, 0.3) is 10.9 Å². The lowest BCUT2D eigenvalue weighted by molar-refractivity contribution is 0.0528. The Morgan fingerprint density at radius 2 is 2.30 bits per heavy atom. The highest BCUT2D eigenvalue weighted by molar-refractivity contribution is 6.04. The second-order valence-electron chi connectivity index (χ2n) is 5.54. The van der Waals surface area contributed by atoms with Crippen LogP contribution in [0, 0.1) is 5.92 Å². The van der Waals surface area contributed by atoms with Crippen molar-refractivity contribution in [2.24, 2.45) is 11.7 Å². The third-order valence-electron chi connectivity index (χ3n) is 4.29. The number of carbonyl (C=O) groups is 1. The van der Waals surface area contributed by atoms with Gasteiger partial charge in [-0.2, -0.15) is 5.10 Å². The van der Waals surface area contributed by atoms with Crippen molar-refractivity contribution in [3.63, 3.8) is 0 Å². The van der Waals surface area contributed by atoms with Crippen molar-refractivity contribution in [1.29, 1.82) is 0 Å². The lowest BCUT2D eigenvalue weighted by Crippen LogP contribution is -2.51. The van der Waals surface area contributed by atoms with Crippen molar-refractivity contribution in [3.05, 3.63) is 30.0 Å². The molecular formula is C15H20N4O. The van der Waals surface area contributed by atoms with Crippen LogP contribution in [-0.4, -0.2) is 40.1 Å². The molecule has 0 radical (unpaired) electrons. The molecule has 1 aromatic carbocycles. The molecule has 1 aliphatic heterocycles. The minimum atomic E-state index is -0.00977. The fraction of sp³-hybridized carbons (Fsp3) is 0.467. The van der Waals surface area contributed by atoms with Crippen LogP contribution in [-0.2, 0) is 0 Å². The van der Waals surface area contributed by atoms with Gasteiger partial charge in [-0.05, 0) is 24.8 Å². The van der Waals surface area contributed by atoms with E-state index in [4.69, 9.17) is 5.73 Å². The zero-order valence-corrected chi connectivity index (χ0v) is 11.7. The molecule has 0 aliphatic carbocycles. The molecule has 0 unspecified atom stereocenters. The molecule has 106 valence electrons. The lowest BCUT2D eigenvalue weighted by Gasteiger charge is -2.39. The number of nitrogens with two attached hydrogens (primary N) is 1. The zero-order chi connectivity index (χ0) is 14.1. The number of hydrogen-bond donors (Lipinski definition) is 2. The minimum absolute atomic E-state index is 0.00977. The smallest absolute Gasteiger partial charge is 0.275 e. The second-order valence-corrected chi connectivity index (χ2v) is 5.54. The number of carbonyl (C=O) groups excluding carboxylic acids is 1. The van der Waals surface area contributed by atoms with E-state index in [1.54, 1.807) is 0 Å². The Morgan fingerprint density at radius 3 is 3.10 bits per heavy atom. The molecule has 2 heterocycles. The standard InChI is InChI=1S/C15H20N4O/c1-10-5-4-8-19(13(10)9-16)15(20)14-11-6-2-3-7-12(11)17-18-14/h2-3,6-7,10,13H,4-5,8-9,16H2,1H3,(H,17,18)/t10-,13-/m1/s1. The van der Waals surface area contributed by atoms with E-state index in [-0.39, 0.29) is 11.9 Å². The number of para-hydroxylation sites is 1. The number of fused-ring (bicyclic) bond motifs is 1. The van der Waals surface area contributed by atoms with Gasteiger partial charge in [0.05, 0.1) is 5.52 Å². The maximum absolute atomic E-state index is 12.8. The average molecular weight is 272 g/mol. The van der Waals surface area contributed by atoms with E-state index in [1.165, 1.54) is 0 Å². The van der Waals surface area contributed by atoms with Crippen LogP contribution in [0.3, 0.4) is 0 Å². The van der Waals surface area contributed by atoms with Crippen LogP contribution < -0.4 is 5.73 Å². The number of rotatable bonds is 2. The molecule has 3 rings (SSSR count). The van der Waals surface area contributed by atoms with E-state index in [2.05, 4.69) is 17.1 Å². The summed E-state index contributed by atoms with van der Waals surface area (Å²) in [7, 11) is 0. The van der Waals surface area contributed by atoms with Crippen LogP contribution in [0.5, 0.6) is 0 Å². The molecule has 0 spiro atoms. The van der Waals surface area contributed by atoms with Gasteiger partial charge in [-0.1, -0.05) is 25.1 Å². The first-order valence-electron chi connectivity index (χ1n) is 7.16. The number of amides is 1. The summed E-state index contributed by atoms with van der Waals surface area (Å²) in [6.45, 7) is 3.45. The molecule has 1 saturated heterocycles. The quantitative estimate of drug-likeness (QED) is 0.874. The molecule has 0 saturated carbocycles. The van der Waals surface area contributed by atoms with Crippen LogP contribution in [0.15, 0.2) is 24.3 Å². The Balaban J connectivity index is 1.95. The first-order valence-corrected chi connectivity index (χ1v) is 7.16. The normalized spacial score (nSPS) is 23.2. The third kappa shape index (κ3) is 2.08. The Bertz CT molecular complexity index is 621. The Morgan fingerprint density at radius 1 is 1.50 bits per heavy atom. The van der Waals surface area contributed by atoms with E-state index in [0.717, 1.165) is 30.3 Å². The molecule has 20 heavy (non-hydrogen) atoms. The van der Waals surface area contributed by atoms with Crippen molar-refractivity contribution in [3.8, 4) is 0 Å². The number of hydrogen-bond acceptors (Lipinski definition) is 3. The van der Waals surface area contributed by atoms with Crippen LogP contribution in [0.2, 0.25) is 0 Å². The summed E-state index contributed by atoms with van der Waals surface area (Å²) in [5, 5.41) is 8.01. The average Bonchev–Trinajstić information content (AvgIpc) is 2.90. The van der Waals surface area contributed by atoms with Crippen molar-refractivity contribution in [2.45, 2.75) is 25.8 Å². The summed E-state index contributed by atoms with van der Waals surface area (Å²) in [5.74, 6) is 0.437. The summed E-state index contributed by atoms with van der Waals surface area (Å²) in [4.78, 5) is 14.7. The number of aromatic amines is 1. The van der Waals surface area contributed by atoms with Crippen LogP contribution in [0.4, 0.5) is 0 Å². The second kappa shape index (κ2) is 5.25. The Kier molecular flexibility index (Phi) is 3.44. The van der Waals surface area contributed by atoms with E-state index in [1.807, 2.05) is 29.2 Å². The number of likely N-dealkylation sites (tertiary alicyclic amines) is 1. The van der Waals surface area contributed by atoms with Gasteiger partial charge in [0.2, 0.25) is 0 Å². The molecule has 2 atom stereocenters. The maximum Gasteiger partial charge on any atom is 0.275 e. The van der Waals surface area contributed by atoms with Gasteiger partial charge in [-0.25, -0.2) is 0 Å². The van der Waals surface area contributed by atoms with Gasteiger partial charge in [0.25, 0.3) is 5.91 Å². The number of H-pyrrole nitrogens is 1. The number of benzene rings is 1. The van der Waals surface area contributed by atoms with Crippen molar-refractivity contribution in [2.75, 3.05) is 13.1 Å². The van der Waals surface area contributed by atoms with Gasteiger partial charge >= 0.3 is 0 Å². The molecular weight excluding hydrogens is 252 g/mol. The van der Waals surface area contributed by atoms with Crippen molar-refractivity contribution >= 4 is 16.8 Å². The summed E-state index contributed by atoms with van der Waals surface area (Å²) in [6.07, 6.45) is 2.17. The predicted octanol–water partition coefficient (Wildman–Crippen LogP) is 1.76. The highest BCUT2D eigenvalue weighted by atomic mass is 16.2. The summed E-state index contributed by atoms with van der Waals surface area (Å²) < 4.78 is 0. The van der Waals surface area contributed by atoms with E-state index in [9.17, 15) is 4.79 Å². The summed E-state index contributed by atoms with van der Waals surface area (Å²) >= 11 is 0. The molecule has 1 aromatic heterocycles. The van der Waals surface area contributed by atoms with Gasteiger partial charge in [0.1, 0.15) is 0 Å². The van der Waals surface area contributed by atoms with Gasteiger partial charge in [0.15, 0.2) is 5.69 Å². The van der Waals surface area contributed by atoms with Crippen molar-refractivity contribution < 1.29 is 4.79 Å². The number of nitrogens with zero attached hydrogens (tertiary/aromatic N) is 2. The molecule has 1 aliphatic rings. The van der Waals surface area contributed by atoms with Gasteiger partial charge in [0, 0.05) is 24.5 Å². The number of aromatic nitrogens is 2. The van der Waals surface area contributed by atoms with Gasteiger partial charge < -0.3 is 10.6 Å². The Labute approximate surface area is 118 Å². The summed E-state index contributed by atoms with van der Waals surface area (Å²) in [6, 6.07) is 7.83. The number of piperidine rings is 1. The number of nitrogens with one attached hydrogen (secondary N) is 1. The molecule has 1 fully saturated rings. The van der Waals surface area contributed by atoms with E-state index < -0.39 is 0 Å². The molecule has 0 bridgehead atoms. The molecule has 2 aromatic rings. The highest BCUT2D eigenvalue weighted by Gasteiger charge is 2.32. The van der Waals surface area contributed by atoms with Crippen LogP contribution in [0.1, 0.15) is 30.3 Å². The predicted molar refractivity (Wildman–Crippen MR) is 78.4 cm³/mol. The van der Waals surface area contributed by atoms with Gasteiger partial charge in [-0.15, -0.1) is 0 Å². The first-order chi connectivity index (χ1) is 9.72. The monoisotopic (exact) mass is 272 g/mol. The first kappa shape index (κ1) is 13.1. The third-order valence-corrected chi connectivity index (χ3v) is 4.29. The topological polar surface area (TPSA) is 75.0 Å². The fourth-order valence-electron chi connectivity index (χ4n) is 3.12. The summed E-state index contributed by atoms with van der Waals surface area (Å²) in [5.41, 5.74) is 7.27. The SMILES string of the molecule is C[C@@H]1CCCN(C(=O)c2n[nH]c3ccccc23)[C@@H]1CN. The lowest BCUT2D eigenvalue weighted by atomic mass is 9.90. The van der Waals surface area contributed by atoms with E-state index >= 15 is 0 Å². The highest BCUT2D eigenvalue weighted by Crippen LogP contribution is 2.25. The van der Waals surface area contributed by atoms with Gasteiger partial charge in [-0.3, -0.25) is 9.89 Å². The Hall–Kier alpha value is -1.88. The van der Waals surface area contributed by atoms with Crippen molar-refractivity contribution in [1.82, 2.24) is 15.1 Å². The molecule has 1 amide bonds. The fourth-order valence-corrected chi connectivity index (χ4v) is 3.12. The molecule has 5 heteroatoms. The van der Waals surface area contributed by atoms with E-state index in [0.29, 0.717) is 18.2 Å². The van der Waals surface area contributed by atoms with Crippen LogP contribution >= 0.6 is 0 Å². The maximum atomic E-state index is 12.8. The minimum Gasteiger partial charge on any atom is -0.333 e. The largest absolute Gasteiger partial charge is 0.333 e.